The van der Waals surface area contributed by atoms with Crippen LogP contribution in [0.1, 0.15) is 13.3 Å². The number of aromatic nitrogens is 1. The van der Waals surface area contributed by atoms with Gasteiger partial charge in [0.15, 0.2) is 0 Å². The van der Waals surface area contributed by atoms with Crippen LogP contribution in [0.2, 0.25) is 0 Å². The third-order valence-corrected chi connectivity index (χ3v) is 2.76. The van der Waals surface area contributed by atoms with Gasteiger partial charge >= 0.3 is 5.69 Å². The average molecular weight is 331 g/mol. The molecular weight excluding hydrogens is 316 g/mol. The van der Waals surface area contributed by atoms with Gasteiger partial charge < -0.3 is 10.2 Å². The number of nitrogens with zero attached hydrogens (tertiary/aromatic N) is 3. The normalized spacial score (nSPS) is 10.1. The molecule has 1 heterocycles. The number of nitrogens with one attached hydrogen (secondary N) is 1. The van der Waals surface area contributed by atoms with Gasteiger partial charge in [-0.2, -0.15) is 0 Å². The Kier molecular flexibility index (Phi) is 5.68. The lowest BCUT2D eigenvalue weighted by Gasteiger charge is -2.17. The molecule has 7 nitrogen and oxygen atoms in total. The van der Waals surface area contributed by atoms with E-state index in [1.165, 1.54) is 17.2 Å². The van der Waals surface area contributed by atoms with E-state index < -0.39 is 4.92 Å². The molecule has 104 valence electrons. The number of rotatable bonds is 6. The maximum Gasteiger partial charge on any atom is 0.312 e. The first kappa shape index (κ1) is 15.4. The molecule has 1 amide bonds. The highest BCUT2D eigenvalue weighted by atomic mass is 79.9. The number of amides is 1. The summed E-state index contributed by atoms with van der Waals surface area (Å²) >= 11 is 3.13. The van der Waals surface area contributed by atoms with Crippen LogP contribution in [-0.2, 0) is 4.79 Å². The molecule has 0 spiro atoms. The molecule has 0 aliphatic carbocycles. The van der Waals surface area contributed by atoms with Crippen LogP contribution in [0.25, 0.3) is 0 Å². The maximum atomic E-state index is 11.6. The molecule has 1 rings (SSSR count). The molecule has 8 heteroatoms. The zero-order valence-corrected chi connectivity index (χ0v) is 12.3. The van der Waals surface area contributed by atoms with Gasteiger partial charge in [-0.15, -0.1) is 0 Å². The number of halogens is 1. The summed E-state index contributed by atoms with van der Waals surface area (Å²) in [6, 6.07) is 1.36. The molecule has 0 aliphatic heterocycles. The summed E-state index contributed by atoms with van der Waals surface area (Å²) in [4.78, 5) is 27.5. The largest absolute Gasteiger partial charge is 0.355 e. The third-order valence-electron chi connectivity index (χ3n) is 2.33. The van der Waals surface area contributed by atoms with E-state index in [1.807, 2.05) is 6.92 Å². The van der Waals surface area contributed by atoms with Crippen molar-refractivity contribution >= 4 is 33.3 Å². The molecule has 0 saturated heterocycles. The Morgan fingerprint density at radius 3 is 2.89 bits per heavy atom. The zero-order chi connectivity index (χ0) is 14.4. The van der Waals surface area contributed by atoms with Crippen molar-refractivity contribution in [2.45, 2.75) is 13.3 Å². The topological polar surface area (TPSA) is 88.4 Å². The van der Waals surface area contributed by atoms with Crippen LogP contribution in [0.4, 0.5) is 11.5 Å². The number of hydrogen-bond acceptors (Lipinski definition) is 5. The summed E-state index contributed by atoms with van der Waals surface area (Å²) in [5, 5.41) is 13.7. The minimum atomic E-state index is -0.520. The molecule has 0 saturated carbocycles. The van der Waals surface area contributed by atoms with E-state index in [2.05, 4.69) is 26.2 Å². The average Bonchev–Trinajstić information content (AvgIpc) is 2.35. The number of hydrogen-bond donors (Lipinski definition) is 1. The van der Waals surface area contributed by atoms with E-state index in [0.717, 1.165) is 6.42 Å². The Morgan fingerprint density at radius 1 is 1.63 bits per heavy atom. The second-order valence-electron chi connectivity index (χ2n) is 3.96. The molecule has 19 heavy (non-hydrogen) atoms. The maximum absolute atomic E-state index is 11.6. The molecular formula is C11H15BrN4O3. The van der Waals surface area contributed by atoms with Crippen molar-refractivity contribution in [3.8, 4) is 0 Å². The number of nitro groups is 1. The van der Waals surface area contributed by atoms with Gasteiger partial charge in [0.2, 0.25) is 11.7 Å². The molecule has 0 bridgehead atoms. The molecule has 0 unspecified atom stereocenters. The van der Waals surface area contributed by atoms with Gasteiger partial charge in [-0.05, 0) is 22.4 Å². The third kappa shape index (κ3) is 4.47. The molecule has 0 aliphatic rings. The van der Waals surface area contributed by atoms with E-state index >= 15 is 0 Å². The van der Waals surface area contributed by atoms with Crippen molar-refractivity contribution in [1.29, 1.82) is 0 Å². The van der Waals surface area contributed by atoms with Gasteiger partial charge in [0.05, 0.1) is 11.5 Å². The summed E-state index contributed by atoms with van der Waals surface area (Å²) in [6.45, 7) is 2.56. The SMILES string of the molecule is CCCNC(=O)CN(C)c1ncc(Br)cc1[N+](=O)[O-]. The minimum Gasteiger partial charge on any atom is -0.355 e. The first-order valence-corrected chi connectivity index (χ1v) is 6.52. The van der Waals surface area contributed by atoms with Crippen molar-refractivity contribution in [3.05, 3.63) is 26.9 Å². The summed E-state index contributed by atoms with van der Waals surface area (Å²) in [6.07, 6.45) is 2.30. The lowest BCUT2D eigenvalue weighted by Crippen LogP contribution is -2.36. The number of carbonyl (C=O) groups is 1. The fraction of sp³-hybridized carbons (Fsp3) is 0.455. The van der Waals surface area contributed by atoms with Crippen molar-refractivity contribution < 1.29 is 9.72 Å². The van der Waals surface area contributed by atoms with Crippen LogP contribution >= 0.6 is 15.9 Å². The van der Waals surface area contributed by atoms with Gasteiger partial charge in [0.25, 0.3) is 0 Å². The van der Waals surface area contributed by atoms with E-state index in [-0.39, 0.29) is 24.0 Å². The lowest BCUT2D eigenvalue weighted by atomic mass is 10.3. The van der Waals surface area contributed by atoms with E-state index in [1.54, 1.807) is 7.05 Å². The van der Waals surface area contributed by atoms with Gasteiger partial charge in [-0.1, -0.05) is 6.92 Å². The second kappa shape index (κ2) is 7.03. The summed E-state index contributed by atoms with van der Waals surface area (Å²) in [7, 11) is 1.59. The molecule has 0 atom stereocenters. The van der Waals surface area contributed by atoms with Crippen molar-refractivity contribution in [2.24, 2.45) is 0 Å². The monoisotopic (exact) mass is 330 g/mol. The number of carbonyl (C=O) groups excluding carboxylic acids is 1. The van der Waals surface area contributed by atoms with Crippen molar-refractivity contribution in [1.82, 2.24) is 10.3 Å². The molecule has 1 aromatic rings. The van der Waals surface area contributed by atoms with Gasteiger partial charge in [0.1, 0.15) is 0 Å². The first-order valence-electron chi connectivity index (χ1n) is 5.73. The predicted molar refractivity (Wildman–Crippen MR) is 75.2 cm³/mol. The van der Waals surface area contributed by atoms with Crippen LogP contribution in [0.3, 0.4) is 0 Å². The Balaban J connectivity index is 2.84. The quantitative estimate of drug-likeness (QED) is 0.633. The number of pyridine rings is 1. The minimum absolute atomic E-state index is 0.0233. The molecule has 1 N–H and O–H groups in total. The second-order valence-corrected chi connectivity index (χ2v) is 4.88. The predicted octanol–water partition coefficient (Wildman–Crippen LogP) is 1.71. The van der Waals surface area contributed by atoms with Gasteiger partial charge in [-0.3, -0.25) is 14.9 Å². The lowest BCUT2D eigenvalue weighted by molar-refractivity contribution is -0.384. The van der Waals surface area contributed by atoms with Crippen molar-refractivity contribution in [2.75, 3.05) is 25.0 Å². The van der Waals surface area contributed by atoms with Crippen molar-refractivity contribution in [3.63, 3.8) is 0 Å². The van der Waals surface area contributed by atoms with E-state index in [4.69, 9.17) is 0 Å². The first-order chi connectivity index (χ1) is 8.95. The van der Waals surface area contributed by atoms with Crippen LogP contribution < -0.4 is 10.2 Å². The fourth-order valence-electron chi connectivity index (χ4n) is 1.46. The van der Waals surface area contributed by atoms with E-state index in [0.29, 0.717) is 11.0 Å². The van der Waals surface area contributed by atoms with Crippen LogP contribution in [0.5, 0.6) is 0 Å². The molecule has 1 aromatic heterocycles. The van der Waals surface area contributed by atoms with E-state index in [9.17, 15) is 14.9 Å². The summed E-state index contributed by atoms with van der Waals surface area (Å²) < 4.78 is 0.520. The summed E-state index contributed by atoms with van der Waals surface area (Å²) in [5.74, 6) is -0.0248. The van der Waals surface area contributed by atoms with Crippen LogP contribution in [-0.4, -0.2) is 36.0 Å². The van der Waals surface area contributed by atoms with Crippen LogP contribution in [0.15, 0.2) is 16.7 Å². The smallest absolute Gasteiger partial charge is 0.312 e. The Morgan fingerprint density at radius 2 is 2.32 bits per heavy atom. The number of likely N-dealkylation sites (N-methyl/N-ethyl adjacent to an activating group) is 1. The molecule has 0 aromatic carbocycles. The fourth-order valence-corrected chi connectivity index (χ4v) is 1.78. The Hall–Kier alpha value is -1.70. The van der Waals surface area contributed by atoms with Gasteiger partial charge in [0, 0.05) is 30.3 Å². The molecule has 0 fully saturated rings. The zero-order valence-electron chi connectivity index (χ0n) is 10.7. The summed E-state index contributed by atoms with van der Waals surface area (Å²) in [5.41, 5.74) is -0.139. The van der Waals surface area contributed by atoms with Crippen LogP contribution in [0, 0.1) is 10.1 Å². The highest BCUT2D eigenvalue weighted by molar-refractivity contribution is 9.10. The number of anilines is 1. The van der Waals surface area contributed by atoms with Gasteiger partial charge in [-0.25, -0.2) is 4.98 Å². The highest BCUT2D eigenvalue weighted by Gasteiger charge is 2.20. The Bertz CT molecular complexity index is 481. The standard InChI is InChI=1S/C11H15BrN4O3/c1-3-4-13-10(17)7-15(2)11-9(16(18)19)5-8(12)6-14-11/h5-6H,3-4,7H2,1-2H3,(H,13,17). The highest BCUT2D eigenvalue weighted by Crippen LogP contribution is 2.27. The Labute approximate surface area is 119 Å². The molecule has 0 radical (unpaired) electrons.